The Balaban J connectivity index is 1.65. The Morgan fingerprint density at radius 3 is 2.57 bits per heavy atom. The topological polar surface area (TPSA) is 133 Å². The van der Waals surface area contributed by atoms with Crippen molar-refractivity contribution in [2.75, 3.05) is 20.3 Å². The number of carbonyl (C=O) groups is 4. The number of Topliss-reactive ketones (excluding diaryl/α,β-unsaturated/α-hetero) is 1. The van der Waals surface area contributed by atoms with E-state index in [4.69, 9.17) is 26.8 Å². The number of methoxy groups -OCH3 is 1. The first-order chi connectivity index (χ1) is 19.8. The molecule has 0 spiro atoms. The van der Waals surface area contributed by atoms with Crippen molar-refractivity contribution in [3.05, 3.63) is 42.6 Å². The Kier molecular flexibility index (Phi) is 8.84. The number of likely N-dealkylation sites (tertiary alicyclic amines) is 1. The second kappa shape index (κ2) is 12.0. The first-order valence-electron chi connectivity index (χ1n) is 13.9. The van der Waals surface area contributed by atoms with E-state index in [0.29, 0.717) is 28.8 Å². The minimum atomic E-state index is -1.23. The van der Waals surface area contributed by atoms with Crippen LogP contribution in [0.25, 0.3) is 10.9 Å². The number of nitrogens with zero attached hydrogens (tertiary/aromatic N) is 2. The molecule has 2 heterocycles. The van der Waals surface area contributed by atoms with Gasteiger partial charge in [0.25, 0.3) is 0 Å². The number of pyridine rings is 1. The summed E-state index contributed by atoms with van der Waals surface area (Å²) in [6.45, 7) is 10.8. The van der Waals surface area contributed by atoms with Crippen LogP contribution in [0.2, 0.25) is 6.32 Å². The van der Waals surface area contributed by atoms with E-state index in [-0.39, 0.29) is 43.3 Å². The molecular formula is C30H36BN3O8. The van der Waals surface area contributed by atoms with Crippen molar-refractivity contribution in [1.29, 1.82) is 0 Å². The van der Waals surface area contributed by atoms with Crippen molar-refractivity contribution in [3.8, 4) is 11.5 Å². The van der Waals surface area contributed by atoms with Gasteiger partial charge in [0.2, 0.25) is 5.91 Å². The first-order valence-corrected chi connectivity index (χ1v) is 13.9. The quantitative estimate of drug-likeness (QED) is 0.195. The van der Waals surface area contributed by atoms with Crippen molar-refractivity contribution in [2.45, 2.75) is 70.1 Å². The molecule has 2 radical (unpaired) electrons. The van der Waals surface area contributed by atoms with Crippen molar-refractivity contribution in [2.24, 2.45) is 5.92 Å². The SMILES string of the molecule is [B]CC(=O)c1cc(O[C@@H]2C[C@@H](C(=O)N[C@]3(C(=O)OCC)C[C@H]3C=C)N(C(=O)OC(C)(C)C)C2)c2ccc(OC)cc2n1. The van der Waals surface area contributed by atoms with Gasteiger partial charge in [0.1, 0.15) is 40.5 Å². The largest absolute Gasteiger partial charge is 0.497 e. The Bertz CT molecular complexity index is 1410. The highest BCUT2D eigenvalue weighted by molar-refractivity contribution is 6.23. The van der Waals surface area contributed by atoms with Gasteiger partial charge in [-0.3, -0.25) is 14.5 Å². The summed E-state index contributed by atoms with van der Waals surface area (Å²) >= 11 is 0. The van der Waals surface area contributed by atoms with Gasteiger partial charge in [0.05, 0.1) is 33.6 Å². The molecule has 1 aromatic carbocycles. The molecule has 1 saturated carbocycles. The van der Waals surface area contributed by atoms with Crippen LogP contribution in [0, 0.1) is 5.92 Å². The van der Waals surface area contributed by atoms with Gasteiger partial charge in [0.15, 0.2) is 5.78 Å². The molecule has 12 heteroatoms. The number of ether oxygens (including phenoxy) is 4. The maximum atomic E-state index is 13.7. The minimum absolute atomic E-state index is 0.0183. The lowest BCUT2D eigenvalue weighted by molar-refractivity contribution is -0.149. The third-order valence-corrected chi connectivity index (χ3v) is 7.22. The van der Waals surface area contributed by atoms with Crippen molar-refractivity contribution in [1.82, 2.24) is 15.2 Å². The van der Waals surface area contributed by atoms with E-state index in [2.05, 4.69) is 16.9 Å². The number of rotatable bonds is 10. The lowest BCUT2D eigenvalue weighted by Gasteiger charge is -2.28. The lowest BCUT2D eigenvalue weighted by atomic mass is 9.98. The number of aromatic nitrogens is 1. The normalized spacial score (nSPS) is 23.2. The van der Waals surface area contributed by atoms with Gasteiger partial charge < -0.3 is 24.3 Å². The van der Waals surface area contributed by atoms with Crippen LogP contribution < -0.4 is 14.8 Å². The molecule has 1 aliphatic carbocycles. The van der Waals surface area contributed by atoms with Crippen LogP contribution in [0.4, 0.5) is 4.79 Å². The number of hydrogen-bond acceptors (Lipinski definition) is 9. The average Bonchev–Trinajstić information content (AvgIpc) is 3.50. The Morgan fingerprint density at radius 1 is 1.24 bits per heavy atom. The zero-order chi connectivity index (χ0) is 30.8. The van der Waals surface area contributed by atoms with Crippen LogP contribution in [-0.4, -0.2) is 85.0 Å². The molecule has 2 aliphatic rings. The van der Waals surface area contributed by atoms with Crippen LogP contribution in [0.5, 0.6) is 11.5 Å². The molecule has 1 aliphatic heterocycles. The summed E-state index contributed by atoms with van der Waals surface area (Å²) in [5, 5.41) is 3.43. The predicted molar refractivity (Wildman–Crippen MR) is 155 cm³/mol. The summed E-state index contributed by atoms with van der Waals surface area (Å²) in [5.74, 6) is -0.870. The summed E-state index contributed by atoms with van der Waals surface area (Å²) in [6.07, 6.45) is 0.460. The van der Waals surface area contributed by atoms with Crippen molar-refractivity contribution in [3.63, 3.8) is 0 Å². The summed E-state index contributed by atoms with van der Waals surface area (Å²) < 4.78 is 22.5. The molecule has 2 fully saturated rings. The second-order valence-electron chi connectivity index (χ2n) is 11.4. The fourth-order valence-corrected chi connectivity index (χ4v) is 5.05. The van der Waals surface area contributed by atoms with Gasteiger partial charge in [-0.2, -0.15) is 0 Å². The number of ketones is 1. The molecule has 1 aromatic heterocycles. The van der Waals surface area contributed by atoms with E-state index in [1.165, 1.54) is 18.1 Å². The Morgan fingerprint density at radius 2 is 1.98 bits per heavy atom. The molecule has 4 atom stereocenters. The lowest BCUT2D eigenvalue weighted by Crippen LogP contribution is -2.53. The average molecular weight is 577 g/mol. The minimum Gasteiger partial charge on any atom is -0.497 e. The van der Waals surface area contributed by atoms with Crippen LogP contribution in [0.3, 0.4) is 0 Å². The van der Waals surface area contributed by atoms with Gasteiger partial charge >= 0.3 is 12.1 Å². The van der Waals surface area contributed by atoms with E-state index >= 15 is 0 Å². The fraction of sp³-hybridized carbons (Fsp3) is 0.500. The fourth-order valence-electron chi connectivity index (χ4n) is 5.05. The molecule has 11 nitrogen and oxygen atoms in total. The third-order valence-electron chi connectivity index (χ3n) is 7.22. The molecule has 2 aromatic rings. The number of carbonyl (C=O) groups excluding carboxylic acids is 4. The maximum Gasteiger partial charge on any atom is 0.411 e. The zero-order valence-corrected chi connectivity index (χ0v) is 24.6. The highest BCUT2D eigenvalue weighted by atomic mass is 16.6. The van der Waals surface area contributed by atoms with E-state index < -0.39 is 41.3 Å². The highest BCUT2D eigenvalue weighted by Gasteiger charge is 2.62. The van der Waals surface area contributed by atoms with Gasteiger partial charge in [-0.15, -0.1) is 6.58 Å². The van der Waals surface area contributed by atoms with Gasteiger partial charge in [0, 0.05) is 29.9 Å². The smallest absolute Gasteiger partial charge is 0.411 e. The Hall–Kier alpha value is -4.09. The molecule has 1 N–H and O–H groups in total. The van der Waals surface area contributed by atoms with E-state index in [1.807, 2.05) is 0 Å². The van der Waals surface area contributed by atoms with Crippen molar-refractivity contribution >= 4 is 42.5 Å². The standard InChI is InChI=1S/C30H36BN3O8/c1-7-17-14-30(17,27(37)40-8-2)33-26(36)23-12-19(16-34(23)28(38)42-29(3,4)5)41-25-13-22(24(35)15-31)32-21-11-18(39-6)9-10-20(21)25/h7,9-11,13,17,19,23H,1,8,12,14-16H2,2-6H3,(H,33,36)/t17-,19-,23+,30-/m1/s1. The molecule has 222 valence electrons. The molecular weight excluding hydrogens is 541 g/mol. The molecule has 2 amide bonds. The second-order valence-corrected chi connectivity index (χ2v) is 11.4. The summed E-state index contributed by atoms with van der Waals surface area (Å²) in [4.78, 5) is 57.9. The summed E-state index contributed by atoms with van der Waals surface area (Å²) in [6, 6.07) is 5.67. The molecule has 42 heavy (non-hydrogen) atoms. The van der Waals surface area contributed by atoms with Gasteiger partial charge in [-0.25, -0.2) is 14.6 Å². The van der Waals surface area contributed by atoms with Gasteiger partial charge in [-0.1, -0.05) is 6.08 Å². The molecule has 1 saturated heterocycles. The maximum absolute atomic E-state index is 13.7. The van der Waals surface area contributed by atoms with Crippen molar-refractivity contribution < 1.29 is 38.1 Å². The van der Waals surface area contributed by atoms with Gasteiger partial charge in [-0.05, 0) is 52.6 Å². The monoisotopic (exact) mass is 577 g/mol. The summed E-state index contributed by atoms with van der Waals surface area (Å²) in [5.41, 5.74) is -1.47. The van der Waals surface area contributed by atoms with Crippen LogP contribution >= 0.6 is 0 Å². The Labute approximate surface area is 246 Å². The zero-order valence-electron chi connectivity index (χ0n) is 24.6. The molecule has 0 unspecified atom stereocenters. The number of amides is 2. The molecule has 0 bridgehead atoms. The number of fused-ring (bicyclic) bond motifs is 1. The first kappa shape index (κ1) is 30.9. The van der Waals surface area contributed by atoms with Crippen LogP contribution in [0.1, 0.15) is 51.0 Å². The number of hydrogen-bond donors (Lipinski definition) is 1. The van der Waals surface area contributed by atoms with Crippen LogP contribution in [0.15, 0.2) is 36.9 Å². The number of esters is 1. The highest BCUT2D eigenvalue weighted by Crippen LogP contribution is 2.46. The van der Waals surface area contributed by atoms with E-state index in [9.17, 15) is 19.2 Å². The molecule has 4 rings (SSSR count). The van der Waals surface area contributed by atoms with E-state index in [1.54, 1.807) is 52.0 Å². The third kappa shape index (κ3) is 6.37. The number of benzene rings is 1. The van der Waals surface area contributed by atoms with E-state index in [0.717, 1.165) is 0 Å². The predicted octanol–water partition coefficient (Wildman–Crippen LogP) is 3.39. The summed E-state index contributed by atoms with van der Waals surface area (Å²) in [7, 11) is 7.11. The number of nitrogens with one attached hydrogen (secondary N) is 1. The van der Waals surface area contributed by atoms with Crippen LogP contribution in [-0.2, 0) is 19.1 Å².